The van der Waals surface area contributed by atoms with E-state index in [-0.39, 0.29) is 17.7 Å². The summed E-state index contributed by atoms with van der Waals surface area (Å²) in [5.74, 6) is 0.319. The molecule has 1 aliphatic rings. The molecule has 0 aliphatic carbocycles. The van der Waals surface area contributed by atoms with Crippen LogP contribution in [0.4, 0.5) is 10.3 Å². The molecule has 0 radical (unpaired) electrons. The predicted molar refractivity (Wildman–Crippen MR) is 129 cm³/mol. The van der Waals surface area contributed by atoms with Gasteiger partial charge in [0.25, 0.3) is 5.56 Å². The Bertz CT molecular complexity index is 1410. The maximum absolute atomic E-state index is 13.6. The number of thiazole rings is 1. The van der Waals surface area contributed by atoms with Crippen LogP contribution >= 0.6 is 11.3 Å². The summed E-state index contributed by atoms with van der Waals surface area (Å²) in [6, 6.07) is 8.66. The maximum Gasteiger partial charge on any atom is 0.338 e. The predicted octanol–water partition coefficient (Wildman–Crippen LogP) is 3.38. The third-order valence-corrected chi connectivity index (χ3v) is 6.65. The van der Waals surface area contributed by atoms with Gasteiger partial charge in [0.05, 0.1) is 28.5 Å². The van der Waals surface area contributed by atoms with Gasteiger partial charge in [-0.3, -0.25) is 9.36 Å². The topological polar surface area (TPSA) is 77.0 Å². The first-order valence-corrected chi connectivity index (χ1v) is 12.0. The van der Waals surface area contributed by atoms with Crippen molar-refractivity contribution in [1.29, 1.82) is 0 Å². The largest absolute Gasteiger partial charge is 0.463 e. The third kappa shape index (κ3) is 4.35. The van der Waals surface area contributed by atoms with Gasteiger partial charge in [-0.1, -0.05) is 23.5 Å². The first kappa shape index (κ1) is 23.7. The Balaban J connectivity index is 1.87. The first-order chi connectivity index (χ1) is 16.4. The lowest BCUT2D eigenvalue weighted by atomic mass is 9.96. The van der Waals surface area contributed by atoms with E-state index < -0.39 is 17.8 Å². The lowest BCUT2D eigenvalue weighted by molar-refractivity contribution is -0.139. The molecule has 7 nitrogen and oxygen atoms in total. The van der Waals surface area contributed by atoms with E-state index in [4.69, 9.17) is 9.15 Å². The molecule has 3 heterocycles. The number of rotatable bonds is 7. The average Bonchev–Trinajstić information content (AvgIpc) is 3.39. The molecule has 34 heavy (non-hydrogen) atoms. The molecular formula is C25H26FN3O4S. The number of nitrogens with zero attached hydrogens (tertiary/aromatic N) is 3. The normalized spacial score (nSPS) is 15.8. The SMILES string of the molecule is CCOC(=O)C1=C(C)N=c2s/c(=C\c3ccc(N(CC)CC)o3)c(=O)n2[C@@H]1c1ccc(F)cc1. The molecular weight excluding hydrogens is 457 g/mol. The summed E-state index contributed by atoms with van der Waals surface area (Å²) < 4.78 is 26.7. The molecule has 0 N–H and O–H groups in total. The van der Waals surface area contributed by atoms with Crippen LogP contribution in [-0.4, -0.2) is 30.2 Å². The summed E-state index contributed by atoms with van der Waals surface area (Å²) in [7, 11) is 0. The molecule has 2 aromatic heterocycles. The number of aromatic nitrogens is 1. The molecule has 0 spiro atoms. The molecule has 0 fully saturated rings. The number of carbonyl (C=O) groups is 1. The third-order valence-electron chi connectivity index (χ3n) is 5.66. The Morgan fingerprint density at radius 3 is 2.56 bits per heavy atom. The van der Waals surface area contributed by atoms with E-state index in [0.29, 0.717) is 26.4 Å². The number of hydrogen-bond acceptors (Lipinski definition) is 7. The monoisotopic (exact) mass is 483 g/mol. The fraction of sp³-hybridized carbons (Fsp3) is 0.320. The standard InChI is InChI=1S/C25H26FN3O4S/c1-5-28(6-2)20-13-12-18(33-20)14-19-23(30)29-22(16-8-10-17(26)11-9-16)21(24(31)32-7-3)15(4)27-25(29)34-19/h8-14,22H,5-7H2,1-4H3/b19-14-/t22-/m1/s1. The van der Waals surface area contributed by atoms with Crippen LogP contribution in [0.5, 0.6) is 0 Å². The smallest absolute Gasteiger partial charge is 0.338 e. The van der Waals surface area contributed by atoms with Crippen LogP contribution in [0.3, 0.4) is 0 Å². The van der Waals surface area contributed by atoms with Crippen molar-refractivity contribution in [3.63, 3.8) is 0 Å². The van der Waals surface area contributed by atoms with Gasteiger partial charge in [0, 0.05) is 25.2 Å². The van der Waals surface area contributed by atoms with Crippen LogP contribution in [0.25, 0.3) is 6.08 Å². The van der Waals surface area contributed by atoms with Crippen molar-refractivity contribution < 1.29 is 18.3 Å². The van der Waals surface area contributed by atoms with Crippen molar-refractivity contribution in [2.75, 3.05) is 24.6 Å². The first-order valence-electron chi connectivity index (χ1n) is 11.2. The summed E-state index contributed by atoms with van der Waals surface area (Å²) in [5.41, 5.74) is 0.998. The lowest BCUT2D eigenvalue weighted by Crippen LogP contribution is -2.39. The van der Waals surface area contributed by atoms with E-state index in [1.165, 1.54) is 28.0 Å². The quantitative estimate of drug-likeness (QED) is 0.482. The number of ether oxygens (including phenoxy) is 1. The minimum absolute atomic E-state index is 0.184. The fourth-order valence-electron chi connectivity index (χ4n) is 4.01. The Labute approximate surface area is 200 Å². The maximum atomic E-state index is 13.6. The van der Waals surface area contributed by atoms with Crippen LogP contribution in [0.1, 0.15) is 45.1 Å². The van der Waals surface area contributed by atoms with Gasteiger partial charge in [0.15, 0.2) is 10.7 Å². The van der Waals surface area contributed by atoms with Crippen LogP contribution < -0.4 is 19.8 Å². The number of benzene rings is 1. The number of furan rings is 1. The van der Waals surface area contributed by atoms with Crippen molar-refractivity contribution in [1.82, 2.24) is 4.57 Å². The van der Waals surface area contributed by atoms with Crippen molar-refractivity contribution in [2.24, 2.45) is 4.99 Å². The van der Waals surface area contributed by atoms with E-state index in [2.05, 4.69) is 9.89 Å². The van der Waals surface area contributed by atoms with Crippen LogP contribution in [0.15, 0.2) is 61.9 Å². The molecule has 1 aliphatic heterocycles. The lowest BCUT2D eigenvalue weighted by Gasteiger charge is -2.24. The second kappa shape index (κ2) is 9.80. The van der Waals surface area contributed by atoms with Crippen molar-refractivity contribution >= 4 is 29.3 Å². The van der Waals surface area contributed by atoms with Crippen molar-refractivity contribution in [3.05, 3.63) is 84.5 Å². The zero-order valence-corrected chi connectivity index (χ0v) is 20.3. The van der Waals surface area contributed by atoms with Crippen LogP contribution in [0.2, 0.25) is 0 Å². The number of halogens is 1. The molecule has 0 saturated heterocycles. The van der Waals surface area contributed by atoms with Gasteiger partial charge in [-0.15, -0.1) is 0 Å². The van der Waals surface area contributed by atoms with Gasteiger partial charge >= 0.3 is 5.97 Å². The van der Waals surface area contributed by atoms with Gasteiger partial charge in [0.2, 0.25) is 0 Å². The highest BCUT2D eigenvalue weighted by Crippen LogP contribution is 2.30. The molecule has 0 saturated carbocycles. The Hall–Kier alpha value is -3.46. The second-order valence-electron chi connectivity index (χ2n) is 7.70. The zero-order chi connectivity index (χ0) is 24.4. The minimum Gasteiger partial charge on any atom is -0.463 e. The minimum atomic E-state index is -0.777. The van der Waals surface area contributed by atoms with Crippen LogP contribution in [-0.2, 0) is 9.53 Å². The zero-order valence-electron chi connectivity index (χ0n) is 19.5. The average molecular weight is 484 g/mol. The highest BCUT2D eigenvalue weighted by molar-refractivity contribution is 7.07. The Kier molecular flexibility index (Phi) is 6.83. The van der Waals surface area contributed by atoms with E-state index in [1.807, 2.05) is 26.0 Å². The van der Waals surface area contributed by atoms with Gasteiger partial charge in [-0.05, 0) is 51.5 Å². The van der Waals surface area contributed by atoms with Gasteiger partial charge < -0.3 is 14.1 Å². The van der Waals surface area contributed by atoms with E-state index in [1.54, 1.807) is 32.1 Å². The number of allylic oxidation sites excluding steroid dienone is 1. The van der Waals surface area contributed by atoms with Gasteiger partial charge in [-0.2, -0.15) is 0 Å². The molecule has 9 heteroatoms. The molecule has 1 aromatic carbocycles. The Morgan fingerprint density at radius 2 is 1.91 bits per heavy atom. The summed E-state index contributed by atoms with van der Waals surface area (Å²) in [6.07, 6.45) is 1.68. The van der Waals surface area contributed by atoms with Gasteiger partial charge in [0.1, 0.15) is 11.6 Å². The van der Waals surface area contributed by atoms with Crippen molar-refractivity contribution in [2.45, 2.75) is 33.7 Å². The molecule has 0 amide bonds. The molecule has 3 aromatic rings. The molecule has 1 atom stereocenters. The van der Waals surface area contributed by atoms with Gasteiger partial charge in [-0.25, -0.2) is 14.2 Å². The van der Waals surface area contributed by atoms with Crippen LogP contribution in [0, 0.1) is 5.82 Å². The van der Waals surface area contributed by atoms with E-state index in [9.17, 15) is 14.0 Å². The number of esters is 1. The second-order valence-corrected chi connectivity index (χ2v) is 8.71. The number of anilines is 1. The number of hydrogen-bond donors (Lipinski definition) is 0. The summed E-state index contributed by atoms with van der Waals surface area (Å²) in [4.78, 5) is 33.4. The fourth-order valence-corrected chi connectivity index (χ4v) is 5.03. The highest BCUT2D eigenvalue weighted by Gasteiger charge is 2.33. The number of carbonyl (C=O) groups excluding carboxylic acids is 1. The Morgan fingerprint density at radius 1 is 1.21 bits per heavy atom. The highest BCUT2D eigenvalue weighted by atomic mass is 32.1. The molecule has 0 bridgehead atoms. The van der Waals surface area contributed by atoms with E-state index >= 15 is 0 Å². The molecule has 4 rings (SSSR count). The van der Waals surface area contributed by atoms with Crippen molar-refractivity contribution in [3.8, 4) is 0 Å². The van der Waals surface area contributed by atoms with E-state index in [0.717, 1.165) is 19.0 Å². The number of fused-ring (bicyclic) bond motifs is 1. The summed E-state index contributed by atoms with van der Waals surface area (Å²) in [6.45, 7) is 9.31. The summed E-state index contributed by atoms with van der Waals surface area (Å²) >= 11 is 1.21. The summed E-state index contributed by atoms with van der Waals surface area (Å²) in [5, 5.41) is 0. The molecule has 0 unspecified atom stereocenters. The molecule has 178 valence electrons.